The van der Waals surface area contributed by atoms with Crippen LogP contribution in [0.25, 0.3) is 5.69 Å². The number of rotatable bonds is 7. The molecule has 5 heteroatoms. The normalized spacial score (nSPS) is 12.0. The summed E-state index contributed by atoms with van der Waals surface area (Å²) < 4.78 is 7.74. The van der Waals surface area contributed by atoms with E-state index < -0.39 is 6.10 Å². The summed E-state index contributed by atoms with van der Waals surface area (Å²) in [6.07, 6.45) is 3.42. The van der Waals surface area contributed by atoms with Gasteiger partial charge in [0, 0.05) is 25.0 Å². The molecular formula is C16H23ClN2O2. The highest BCUT2D eigenvalue weighted by Crippen LogP contribution is 2.22. The fraction of sp³-hybridized carbons (Fsp3) is 0.375. The first-order valence-electron chi connectivity index (χ1n) is 6.93. The molecule has 0 amide bonds. The van der Waals surface area contributed by atoms with E-state index in [9.17, 15) is 5.11 Å². The molecule has 2 N–H and O–H groups in total. The molecule has 0 aliphatic heterocycles. The molecule has 2 aromatic rings. The highest BCUT2D eigenvalue weighted by atomic mass is 35.5. The Labute approximate surface area is 132 Å². The fourth-order valence-electron chi connectivity index (χ4n) is 1.90. The van der Waals surface area contributed by atoms with Crippen LogP contribution in [-0.2, 0) is 0 Å². The lowest BCUT2D eigenvalue weighted by atomic mass is 10.3. The van der Waals surface area contributed by atoms with E-state index in [2.05, 4.69) is 19.2 Å². The maximum atomic E-state index is 9.89. The van der Waals surface area contributed by atoms with Crippen molar-refractivity contribution in [1.82, 2.24) is 9.88 Å². The summed E-state index contributed by atoms with van der Waals surface area (Å²) in [7, 11) is 0. The minimum atomic E-state index is -0.518. The molecular weight excluding hydrogens is 288 g/mol. The Morgan fingerprint density at radius 2 is 1.81 bits per heavy atom. The van der Waals surface area contributed by atoms with Gasteiger partial charge in [-0.2, -0.15) is 0 Å². The fourth-order valence-corrected chi connectivity index (χ4v) is 1.90. The van der Waals surface area contributed by atoms with Crippen LogP contribution in [0.4, 0.5) is 0 Å². The van der Waals surface area contributed by atoms with Crippen molar-refractivity contribution in [3.8, 4) is 11.4 Å². The number of aromatic nitrogens is 1. The van der Waals surface area contributed by atoms with Gasteiger partial charge in [0.05, 0.1) is 5.69 Å². The van der Waals surface area contributed by atoms with Crippen molar-refractivity contribution < 1.29 is 9.84 Å². The molecule has 1 atom stereocenters. The Morgan fingerprint density at radius 3 is 2.48 bits per heavy atom. The Bertz CT molecular complexity index is 515. The molecule has 21 heavy (non-hydrogen) atoms. The Hall–Kier alpha value is -1.49. The molecule has 0 aliphatic rings. The van der Waals surface area contributed by atoms with Crippen LogP contribution in [0.5, 0.6) is 5.75 Å². The molecule has 1 aromatic heterocycles. The van der Waals surface area contributed by atoms with Crippen molar-refractivity contribution in [3.05, 3.63) is 48.8 Å². The maximum Gasteiger partial charge on any atom is 0.143 e. The van der Waals surface area contributed by atoms with Gasteiger partial charge in [-0.3, -0.25) is 0 Å². The molecule has 116 valence electrons. The van der Waals surface area contributed by atoms with Gasteiger partial charge in [-0.1, -0.05) is 26.0 Å². The van der Waals surface area contributed by atoms with Crippen LogP contribution >= 0.6 is 12.4 Å². The third-order valence-corrected chi connectivity index (χ3v) is 2.94. The smallest absolute Gasteiger partial charge is 0.143 e. The van der Waals surface area contributed by atoms with Crippen LogP contribution in [0.1, 0.15) is 13.8 Å². The Balaban J connectivity index is 0.00000220. The summed E-state index contributed by atoms with van der Waals surface area (Å²) in [5, 5.41) is 13.1. The van der Waals surface area contributed by atoms with Crippen molar-refractivity contribution in [2.24, 2.45) is 0 Å². The summed E-state index contributed by atoms with van der Waals surface area (Å²) in [5.74, 6) is 0.771. The number of halogens is 1. The predicted molar refractivity (Wildman–Crippen MR) is 87.7 cm³/mol. The number of nitrogens with zero attached hydrogens (tertiary/aromatic N) is 1. The van der Waals surface area contributed by atoms with Crippen LogP contribution in [0.2, 0.25) is 0 Å². The first kappa shape index (κ1) is 17.6. The van der Waals surface area contributed by atoms with Gasteiger partial charge in [-0.15, -0.1) is 12.4 Å². The second kappa shape index (κ2) is 8.72. The van der Waals surface area contributed by atoms with Crippen LogP contribution in [0.3, 0.4) is 0 Å². The van der Waals surface area contributed by atoms with E-state index >= 15 is 0 Å². The van der Waals surface area contributed by atoms with E-state index in [1.54, 1.807) is 0 Å². The van der Waals surface area contributed by atoms with Gasteiger partial charge in [0.25, 0.3) is 0 Å². The lowest BCUT2D eigenvalue weighted by Gasteiger charge is -2.17. The van der Waals surface area contributed by atoms with Crippen molar-refractivity contribution in [1.29, 1.82) is 0 Å². The largest absolute Gasteiger partial charge is 0.489 e. The van der Waals surface area contributed by atoms with Crippen LogP contribution < -0.4 is 10.1 Å². The van der Waals surface area contributed by atoms with E-state index in [4.69, 9.17) is 4.74 Å². The van der Waals surface area contributed by atoms with Crippen molar-refractivity contribution >= 4 is 12.4 Å². The highest BCUT2D eigenvalue weighted by molar-refractivity contribution is 5.85. The average molecular weight is 311 g/mol. The lowest BCUT2D eigenvalue weighted by molar-refractivity contribution is 0.104. The summed E-state index contributed by atoms with van der Waals surface area (Å²) in [5.41, 5.74) is 0.974. The molecule has 0 unspecified atom stereocenters. The van der Waals surface area contributed by atoms with E-state index in [-0.39, 0.29) is 19.0 Å². The SMILES string of the molecule is CC(C)NC[C@H](O)COc1ccccc1-n1cccc1.Cl. The second-order valence-corrected chi connectivity index (χ2v) is 5.09. The van der Waals surface area contributed by atoms with Gasteiger partial charge >= 0.3 is 0 Å². The minimum Gasteiger partial charge on any atom is -0.489 e. The Kier molecular flexibility index (Phi) is 7.29. The average Bonchev–Trinajstić information content (AvgIpc) is 2.97. The quantitative estimate of drug-likeness (QED) is 0.826. The zero-order valence-corrected chi connectivity index (χ0v) is 13.2. The molecule has 2 rings (SSSR count). The summed E-state index contributed by atoms with van der Waals surface area (Å²) in [6, 6.07) is 12.1. The van der Waals surface area contributed by atoms with Gasteiger partial charge < -0.3 is 19.7 Å². The monoisotopic (exact) mass is 310 g/mol. The molecule has 0 spiro atoms. The third kappa shape index (κ3) is 5.42. The van der Waals surface area contributed by atoms with Crippen molar-refractivity contribution in [3.63, 3.8) is 0 Å². The first-order valence-corrected chi connectivity index (χ1v) is 6.93. The van der Waals surface area contributed by atoms with Crippen molar-refractivity contribution in [2.75, 3.05) is 13.2 Å². The summed E-state index contributed by atoms with van der Waals surface area (Å²) in [6.45, 7) is 4.91. The second-order valence-electron chi connectivity index (χ2n) is 5.09. The van der Waals surface area contributed by atoms with E-state index in [0.717, 1.165) is 11.4 Å². The topological polar surface area (TPSA) is 46.4 Å². The van der Waals surface area contributed by atoms with Crippen LogP contribution in [0.15, 0.2) is 48.8 Å². The predicted octanol–water partition coefficient (Wildman–Crippen LogP) is 2.64. The molecule has 0 bridgehead atoms. The number of nitrogens with one attached hydrogen (secondary N) is 1. The number of ether oxygens (including phenoxy) is 1. The molecule has 1 heterocycles. The maximum absolute atomic E-state index is 9.89. The highest BCUT2D eigenvalue weighted by Gasteiger charge is 2.09. The van der Waals surface area contributed by atoms with Gasteiger partial charge in [0.1, 0.15) is 18.5 Å². The van der Waals surface area contributed by atoms with Crippen LogP contribution in [0, 0.1) is 0 Å². The van der Waals surface area contributed by atoms with Gasteiger partial charge in [-0.05, 0) is 24.3 Å². The van der Waals surface area contributed by atoms with E-state index in [1.165, 1.54) is 0 Å². The minimum absolute atomic E-state index is 0. The van der Waals surface area contributed by atoms with Gasteiger partial charge in [-0.25, -0.2) is 0 Å². The first-order chi connectivity index (χ1) is 9.66. The molecule has 4 nitrogen and oxygen atoms in total. The Morgan fingerprint density at radius 1 is 1.14 bits per heavy atom. The summed E-state index contributed by atoms with van der Waals surface area (Å²) >= 11 is 0. The zero-order chi connectivity index (χ0) is 14.4. The molecule has 0 fully saturated rings. The molecule has 0 saturated heterocycles. The number of aliphatic hydroxyl groups is 1. The van der Waals surface area contributed by atoms with Crippen LogP contribution in [-0.4, -0.2) is 35.0 Å². The number of para-hydroxylation sites is 2. The molecule has 0 aliphatic carbocycles. The number of hydrogen-bond donors (Lipinski definition) is 2. The summed E-state index contributed by atoms with van der Waals surface area (Å²) in [4.78, 5) is 0. The van der Waals surface area contributed by atoms with E-state index in [1.807, 2.05) is 53.4 Å². The molecule has 0 radical (unpaired) electrons. The zero-order valence-electron chi connectivity index (χ0n) is 12.4. The number of aliphatic hydroxyl groups excluding tert-OH is 1. The molecule has 0 saturated carbocycles. The molecule has 1 aromatic carbocycles. The van der Waals surface area contributed by atoms with E-state index in [0.29, 0.717) is 12.6 Å². The standard InChI is InChI=1S/C16H22N2O2.ClH/c1-13(2)17-11-14(19)12-20-16-8-4-3-7-15(16)18-9-5-6-10-18;/h3-10,13-14,17,19H,11-12H2,1-2H3;1H/t14-;/m0./s1. The van der Waals surface area contributed by atoms with Gasteiger partial charge in [0.2, 0.25) is 0 Å². The number of benzene rings is 1. The third-order valence-electron chi connectivity index (χ3n) is 2.94. The number of hydrogen-bond acceptors (Lipinski definition) is 3. The van der Waals surface area contributed by atoms with Gasteiger partial charge in [0.15, 0.2) is 0 Å². The lowest BCUT2D eigenvalue weighted by Crippen LogP contribution is -2.35. The van der Waals surface area contributed by atoms with Crippen molar-refractivity contribution in [2.45, 2.75) is 26.0 Å².